The van der Waals surface area contributed by atoms with E-state index in [-0.39, 0.29) is 73.8 Å². The van der Waals surface area contributed by atoms with Gasteiger partial charge in [0.25, 0.3) is 27.8 Å². The van der Waals surface area contributed by atoms with Crippen molar-refractivity contribution in [3.05, 3.63) is 166 Å². The minimum atomic E-state index is -1.07. The Bertz CT molecular complexity index is 4080. The van der Waals surface area contributed by atoms with E-state index >= 15 is 0 Å². The Balaban J connectivity index is 0.000000167. The molecule has 7 fully saturated rings. The summed E-state index contributed by atoms with van der Waals surface area (Å²) in [7, 11) is 0. The summed E-state index contributed by atoms with van der Waals surface area (Å²) in [4.78, 5) is 127. The van der Waals surface area contributed by atoms with Crippen LogP contribution in [-0.2, 0) is 42.6 Å². The van der Waals surface area contributed by atoms with Gasteiger partial charge in [-0.25, -0.2) is 24.0 Å². The number of hydrogen-bond donors (Lipinski definition) is 10. The summed E-state index contributed by atoms with van der Waals surface area (Å²) in [5.41, 5.74) is -10.1. The van der Waals surface area contributed by atoms with E-state index in [1.54, 1.807) is 0 Å². The quantitative estimate of drug-likeness (QED) is 0.0603. The lowest BCUT2D eigenvalue weighted by Crippen LogP contribution is -2.44. The molecule has 12 rings (SSSR count). The SMILES string of the molecule is CC1(C)CC(CO)(CO)O[C@H]1n1ccc(=O)[nH]c1=O.CCC1(CC)CC(C)(C)[C@H](n2ccc(=O)[nH]c2=O)O1.CC[C@@]1(CO)C[C@@](C)(OC2CCCCO2)[C@H](n2ccc(=O)[nH]c2=O)O1.CC[C@]1(CO)CC(C)(C)[C@H](n2ccc(=O)[nH]c2=O)O1.C[C@@]1(OC2CCCCO2)C[C@@H](CO)O[C@H]1n1ccc(=O)[nH]c1=O. The van der Waals surface area contributed by atoms with E-state index in [1.165, 1.54) is 84.2 Å². The lowest BCUT2D eigenvalue weighted by molar-refractivity contribution is -0.243. The zero-order valence-corrected chi connectivity index (χ0v) is 62.2. The topological polar surface area (TPSA) is 459 Å². The molecule has 12 heterocycles. The van der Waals surface area contributed by atoms with Crippen LogP contribution in [0.5, 0.6) is 0 Å². The number of rotatable bonds is 18. The Morgan fingerprint density at radius 2 is 0.686 bits per heavy atom. The smallest absolute Gasteiger partial charge is 0.330 e. The van der Waals surface area contributed by atoms with Gasteiger partial charge in [0.05, 0.1) is 55.9 Å². The van der Waals surface area contributed by atoms with Gasteiger partial charge in [-0.3, -0.25) is 71.7 Å². The van der Waals surface area contributed by atoms with Crippen LogP contribution in [0.4, 0.5) is 0 Å². The third-order valence-corrected chi connectivity index (χ3v) is 21.0. The lowest BCUT2D eigenvalue weighted by Gasteiger charge is -2.35. The number of ether oxygens (including phenoxy) is 9. The molecule has 0 saturated carbocycles. The summed E-state index contributed by atoms with van der Waals surface area (Å²) in [6.45, 7) is 23.9. The molecule has 0 aliphatic carbocycles. The number of nitrogens with one attached hydrogen (secondary N) is 5. The van der Waals surface area contributed by atoms with Gasteiger partial charge in [0.2, 0.25) is 0 Å². The van der Waals surface area contributed by atoms with E-state index in [2.05, 4.69) is 52.6 Å². The third kappa shape index (κ3) is 19.2. The highest BCUT2D eigenvalue weighted by atomic mass is 16.7. The van der Waals surface area contributed by atoms with Gasteiger partial charge in [-0.2, -0.15) is 0 Å². The zero-order valence-electron chi connectivity index (χ0n) is 62.2. The highest BCUT2D eigenvalue weighted by Crippen LogP contribution is 2.54. The van der Waals surface area contributed by atoms with Gasteiger partial charge < -0.3 is 68.2 Å². The molecule has 586 valence electrons. The van der Waals surface area contributed by atoms with Crippen molar-refractivity contribution < 1.29 is 68.2 Å². The molecule has 0 amide bonds. The first kappa shape index (κ1) is 83.5. The predicted molar refractivity (Wildman–Crippen MR) is 379 cm³/mol. The van der Waals surface area contributed by atoms with E-state index in [4.69, 9.17) is 42.6 Å². The van der Waals surface area contributed by atoms with Crippen LogP contribution in [0.25, 0.3) is 0 Å². The maximum absolute atomic E-state index is 12.3. The molecule has 7 aliphatic heterocycles. The van der Waals surface area contributed by atoms with Crippen molar-refractivity contribution in [1.82, 2.24) is 47.8 Å². The van der Waals surface area contributed by atoms with Crippen LogP contribution in [-0.4, -0.2) is 172 Å². The van der Waals surface area contributed by atoms with Gasteiger partial charge in [-0.05, 0) is 97.3 Å². The van der Waals surface area contributed by atoms with Gasteiger partial charge in [0.1, 0.15) is 35.5 Å². The van der Waals surface area contributed by atoms with Crippen molar-refractivity contribution in [2.24, 2.45) is 16.2 Å². The highest BCUT2D eigenvalue weighted by Gasteiger charge is 2.57. The van der Waals surface area contributed by atoms with Crippen molar-refractivity contribution in [3.8, 4) is 0 Å². The fourth-order valence-electron chi connectivity index (χ4n) is 15.4. The third-order valence-electron chi connectivity index (χ3n) is 21.0. The largest absolute Gasteiger partial charge is 0.394 e. The van der Waals surface area contributed by atoms with Crippen LogP contribution in [0.2, 0.25) is 0 Å². The van der Waals surface area contributed by atoms with Gasteiger partial charge in [0.15, 0.2) is 25.0 Å². The van der Waals surface area contributed by atoms with Crippen molar-refractivity contribution in [3.63, 3.8) is 0 Å². The van der Waals surface area contributed by atoms with Gasteiger partial charge in [-0.1, -0.05) is 69.2 Å². The van der Waals surface area contributed by atoms with E-state index in [0.717, 1.165) is 57.8 Å². The number of aliphatic hydroxyl groups excluding tert-OH is 5. The second-order valence-electron chi connectivity index (χ2n) is 30.9. The minimum Gasteiger partial charge on any atom is -0.394 e. The number of aliphatic hydroxyl groups is 5. The summed E-state index contributed by atoms with van der Waals surface area (Å²) >= 11 is 0. The molecule has 0 aromatic carbocycles. The second-order valence-corrected chi connectivity index (χ2v) is 30.9. The average molecular weight is 1490 g/mol. The molecular formula is C71H108N10O24. The molecule has 0 radical (unpaired) electrons. The Morgan fingerprint density at radius 1 is 0.390 bits per heavy atom. The van der Waals surface area contributed by atoms with E-state index in [1.807, 2.05) is 55.4 Å². The number of aromatic amines is 5. The normalized spacial score (nSPS) is 30.3. The monoisotopic (exact) mass is 1480 g/mol. The Labute approximate surface area is 604 Å². The second kappa shape index (κ2) is 34.0. The lowest BCUT2D eigenvalue weighted by atomic mass is 9.80. The number of hydrogen-bond acceptors (Lipinski definition) is 24. The zero-order chi connectivity index (χ0) is 77.3. The maximum Gasteiger partial charge on any atom is 0.330 e. The summed E-state index contributed by atoms with van der Waals surface area (Å²) in [5.74, 6) is 0. The Kier molecular flexibility index (Phi) is 27.0. The highest BCUT2D eigenvalue weighted by molar-refractivity contribution is 5.05. The van der Waals surface area contributed by atoms with Crippen LogP contribution in [0, 0.1) is 16.2 Å². The van der Waals surface area contributed by atoms with Gasteiger partial charge >= 0.3 is 28.4 Å². The average Bonchev–Trinajstić information content (AvgIpc) is 1.61. The van der Waals surface area contributed by atoms with Gasteiger partial charge in [0, 0.05) is 104 Å². The van der Waals surface area contributed by atoms with Crippen LogP contribution >= 0.6 is 0 Å². The molecule has 12 atom stereocenters. The molecule has 34 nitrogen and oxygen atoms in total. The van der Waals surface area contributed by atoms with Crippen molar-refractivity contribution in [1.29, 1.82) is 0 Å². The molecule has 5 aromatic heterocycles. The minimum absolute atomic E-state index is 0.0818. The molecule has 34 heteroatoms. The first-order chi connectivity index (χ1) is 49.4. The fourth-order valence-corrected chi connectivity index (χ4v) is 15.4. The summed E-state index contributed by atoms with van der Waals surface area (Å²) in [6.07, 6.45) is 14.5. The molecule has 10 N–H and O–H groups in total. The molecule has 7 aliphatic rings. The number of aromatic nitrogens is 10. The van der Waals surface area contributed by atoms with Crippen molar-refractivity contribution >= 4 is 0 Å². The number of nitrogens with zero attached hydrogens (tertiary/aromatic N) is 5. The summed E-state index contributed by atoms with van der Waals surface area (Å²) in [6, 6.07) is 6.42. The summed E-state index contributed by atoms with van der Waals surface area (Å²) < 4.78 is 60.2. The van der Waals surface area contributed by atoms with Crippen molar-refractivity contribution in [2.75, 3.05) is 46.2 Å². The summed E-state index contributed by atoms with van der Waals surface area (Å²) in [5, 5.41) is 47.7. The maximum atomic E-state index is 12.3. The fraction of sp³-hybridized carbons (Fsp3) is 0.718. The predicted octanol–water partition coefficient (Wildman–Crippen LogP) is 2.89. The van der Waals surface area contributed by atoms with Crippen LogP contribution in [0.3, 0.4) is 0 Å². The van der Waals surface area contributed by atoms with E-state index in [9.17, 15) is 73.5 Å². The Morgan fingerprint density at radius 3 is 0.981 bits per heavy atom. The first-order valence-electron chi connectivity index (χ1n) is 36.0. The molecule has 7 saturated heterocycles. The van der Waals surface area contributed by atoms with Gasteiger partial charge in [-0.15, -0.1) is 0 Å². The van der Waals surface area contributed by atoms with Crippen molar-refractivity contribution in [2.45, 2.75) is 263 Å². The number of H-pyrrole nitrogens is 5. The molecule has 2 unspecified atom stereocenters. The molecule has 0 bridgehead atoms. The molecule has 5 aromatic rings. The molecular weight excluding hydrogens is 1380 g/mol. The van der Waals surface area contributed by atoms with E-state index < -0.39 is 115 Å². The first-order valence-corrected chi connectivity index (χ1v) is 36.0. The molecule has 0 spiro atoms. The van der Waals surface area contributed by atoms with E-state index in [0.29, 0.717) is 51.7 Å². The van der Waals surface area contributed by atoms with Crippen LogP contribution in [0.15, 0.2) is 109 Å². The van der Waals surface area contributed by atoms with Crippen LogP contribution < -0.4 is 56.2 Å². The van der Waals surface area contributed by atoms with Crippen LogP contribution in [0.1, 0.15) is 211 Å². The molecule has 105 heavy (non-hydrogen) atoms. The standard InChI is InChI=1S/C17H26N2O6.C15H22N2O6.C14H22N2O3.C13H20N2O4.C12H18N2O5/c1-3-17(11-20)10-16(2,24-13-6-4-5-9-23-13)14(25-17)19-8-7-12(21)18-15(19)22;1-15(23-12-4-2-3-7-21-12)8-10(9-18)22-13(15)17-6-5-11(19)16-14(17)20;1-5-14(6-2)9-13(3,4)11(19-14)16-8-7-10(17)15-12(16)18;1-4-13(8-16)7-12(2,3)10(19-13)15-6-5-9(17)14-11(15)18;1-11(2)5-12(6-15,7-16)19-9(11)14-4-3-8(17)13-10(14)18/h7-8,13-14,20H,3-6,9-11H2,1-2H3,(H,18,21,22);5-6,10,12-13,18H,2-4,7-9H2,1H3,(H,16,19,20);7-8,11H,5-6,9H2,1-4H3,(H,15,17,18);5-6,10,16H,4,7-8H2,1-3H3,(H,14,17,18);3-4,9,15-16H,5-7H2,1-2H3,(H,13,17,18)/t13?,14-,16-,17+;10-,12?,13+,15+;11-;10-,13-;9-/m10111/s1. The Hall–Kier alpha value is -7.16.